The van der Waals surface area contributed by atoms with Gasteiger partial charge in [0.2, 0.25) is 0 Å². The molecule has 0 aromatic heterocycles. The van der Waals surface area contributed by atoms with E-state index in [9.17, 15) is 0 Å². The second-order valence-electron chi connectivity index (χ2n) is 4.71. The van der Waals surface area contributed by atoms with Gasteiger partial charge in [0.05, 0.1) is 0 Å². The van der Waals surface area contributed by atoms with Crippen LogP contribution in [-0.2, 0) is 0 Å². The molecule has 2 atom stereocenters. The Hall–Kier alpha value is -0.0800. The molecule has 76 valence electrons. The SMILES string of the molecule is CCCCN1C2CCC1CC(N)C2. The van der Waals surface area contributed by atoms with Gasteiger partial charge in [-0.3, -0.25) is 4.90 Å². The molecule has 0 radical (unpaired) electrons. The number of hydrogen-bond acceptors (Lipinski definition) is 2. The fourth-order valence-electron chi connectivity index (χ4n) is 3.02. The highest BCUT2D eigenvalue weighted by atomic mass is 15.2. The van der Waals surface area contributed by atoms with Crippen molar-refractivity contribution in [1.82, 2.24) is 4.90 Å². The molecule has 2 aliphatic rings. The summed E-state index contributed by atoms with van der Waals surface area (Å²) in [5.74, 6) is 0. The van der Waals surface area contributed by atoms with Crippen LogP contribution in [0.4, 0.5) is 0 Å². The number of unbranched alkanes of at least 4 members (excludes halogenated alkanes) is 1. The normalized spacial score (nSPS) is 39.7. The van der Waals surface area contributed by atoms with Gasteiger partial charge in [-0.15, -0.1) is 0 Å². The van der Waals surface area contributed by atoms with Crippen LogP contribution in [0.5, 0.6) is 0 Å². The molecular weight excluding hydrogens is 160 g/mol. The molecule has 0 spiro atoms. The van der Waals surface area contributed by atoms with Crippen LogP contribution >= 0.6 is 0 Å². The van der Waals surface area contributed by atoms with E-state index in [1.165, 1.54) is 45.1 Å². The first kappa shape index (κ1) is 9.47. The Labute approximate surface area is 81.5 Å². The minimum atomic E-state index is 0.496. The highest BCUT2D eigenvalue weighted by Gasteiger charge is 2.38. The van der Waals surface area contributed by atoms with E-state index < -0.39 is 0 Å². The van der Waals surface area contributed by atoms with Gasteiger partial charge in [-0.05, 0) is 38.6 Å². The maximum atomic E-state index is 6.02. The summed E-state index contributed by atoms with van der Waals surface area (Å²) < 4.78 is 0. The van der Waals surface area contributed by atoms with Gasteiger partial charge in [0.15, 0.2) is 0 Å². The molecule has 2 heterocycles. The number of rotatable bonds is 3. The summed E-state index contributed by atoms with van der Waals surface area (Å²) in [6, 6.07) is 2.16. The number of piperidine rings is 1. The molecule has 0 amide bonds. The van der Waals surface area contributed by atoms with Gasteiger partial charge in [0, 0.05) is 18.1 Å². The predicted molar refractivity (Wildman–Crippen MR) is 55.6 cm³/mol. The van der Waals surface area contributed by atoms with E-state index in [4.69, 9.17) is 5.73 Å². The first-order chi connectivity index (χ1) is 6.31. The van der Waals surface area contributed by atoms with E-state index in [1.54, 1.807) is 0 Å². The first-order valence-corrected chi connectivity index (χ1v) is 5.82. The molecular formula is C11H22N2. The third-order valence-corrected chi connectivity index (χ3v) is 3.69. The van der Waals surface area contributed by atoms with Crippen LogP contribution in [0.3, 0.4) is 0 Å². The zero-order valence-corrected chi connectivity index (χ0v) is 8.71. The molecule has 2 bridgehead atoms. The molecule has 2 N–H and O–H groups in total. The van der Waals surface area contributed by atoms with E-state index in [2.05, 4.69) is 11.8 Å². The summed E-state index contributed by atoms with van der Waals surface area (Å²) in [4.78, 5) is 2.73. The van der Waals surface area contributed by atoms with Crippen molar-refractivity contribution in [2.45, 2.75) is 63.6 Å². The van der Waals surface area contributed by atoms with E-state index in [0.717, 1.165) is 12.1 Å². The monoisotopic (exact) mass is 182 g/mol. The molecule has 0 aromatic carbocycles. The van der Waals surface area contributed by atoms with Gasteiger partial charge in [0.25, 0.3) is 0 Å². The van der Waals surface area contributed by atoms with Crippen molar-refractivity contribution in [2.24, 2.45) is 5.73 Å². The van der Waals surface area contributed by atoms with Crippen LogP contribution in [0.2, 0.25) is 0 Å². The maximum absolute atomic E-state index is 6.02. The molecule has 0 saturated carbocycles. The van der Waals surface area contributed by atoms with Crippen LogP contribution in [-0.4, -0.2) is 29.6 Å². The second-order valence-corrected chi connectivity index (χ2v) is 4.71. The van der Waals surface area contributed by atoms with Gasteiger partial charge in [-0.25, -0.2) is 0 Å². The Balaban J connectivity index is 1.90. The third kappa shape index (κ3) is 1.89. The molecule has 2 saturated heterocycles. The summed E-state index contributed by atoms with van der Waals surface area (Å²) in [5, 5.41) is 0. The Morgan fingerprint density at radius 1 is 1.23 bits per heavy atom. The van der Waals surface area contributed by atoms with Gasteiger partial charge in [0.1, 0.15) is 0 Å². The Morgan fingerprint density at radius 3 is 2.38 bits per heavy atom. The minimum absolute atomic E-state index is 0.496. The summed E-state index contributed by atoms with van der Waals surface area (Å²) in [6.45, 7) is 3.59. The van der Waals surface area contributed by atoms with Crippen LogP contribution in [0.25, 0.3) is 0 Å². The predicted octanol–water partition coefficient (Wildman–Crippen LogP) is 1.74. The van der Waals surface area contributed by atoms with Crippen molar-refractivity contribution in [3.63, 3.8) is 0 Å². The van der Waals surface area contributed by atoms with Crippen LogP contribution < -0.4 is 5.73 Å². The lowest BCUT2D eigenvalue weighted by atomic mass is 9.98. The average Bonchev–Trinajstić information content (AvgIpc) is 2.33. The smallest absolute Gasteiger partial charge is 0.0113 e. The Morgan fingerprint density at radius 2 is 1.85 bits per heavy atom. The first-order valence-electron chi connectivity index (χ1n) is 5.82. The number of fused-ring (bicyclic) bond motifs is 2. The fraction of sp³-hybridized carbons (Fsp3) is 1.00. The van der Waals surface area contributed by atoms with Crippen LogP contribution in [0.1, 0.15) is 45.4 Å². The molecule has 13 heavy (non-hydrogen) atoms. The molecule has 2 nitrogen and oxygen atoms in total. The van der Waals surface area contributed by atoms with Crippen molar-refractivity contribution in [2.75, 3.05) is 6.54 Å². The Kier molecular flexibility index (Phi) is 2.89. The van der Waals surface area contributed by atoms with Crippen molar-refractivity contribution in [3.8, 4) is 0 Å². The van der Waals surface area contributed by atoms with Crippen LogP contribution in [0, 0.1) is 0 Å². The Bertz CT molecular complexity index is 155. The zero-order chi connectivity index (χ0) is 9.26. The maximum Gasteiger partial charge on any atom is 0.0113 e. The molecule has 2 unspecified atom stereocenters. The van der Waals surface area contributed by atoms with E-state index in [1.807, 2.05) is 0 Å². The minimum Gasteiger partial charge on any atom is -0.328 e. The van der Waals surface area contributed by atoms with E-state index in [0.29, 0.717) is 6.04 Å². The van der Waals surface area contributed by atoms with Gasteiger partial charge in [-0.2, -0.15) is 0 Å². The van der Waals surface area contributed by atoms with Crippen molar-refractivity contribution in [1.29, 1.82) is 0 Å². The summed E-state index contributed by atoms with van der Waals surface area (Å²) >= 11 is 0. The highest BCUT2D eigenvalue weighted by Crippen LogP contribution is 2.34. The highest BCUT2D eigenvalue weighted by molar-refractivity contribution is 4.96. The van der Waals surface area contributed by atoms with Crippen molar-refractivity contribution < 1.29 is 0 Å². The average molecular weight is 182 g/mol. The van der Waals surface area contributed by atoms with Crippen molar-refractivity contribution >= 4 is 0 Å². The van der Waals surface area contributed by atoms with Crippen LogP contribution in [0.15, 0.2) is 0 Å². The summed E-state index contributed by atoms with van der Waals surface area (Å²) in [6.07, 6.45) is 7.99. The fourth-order valence-corrected chi connectivity index (χ4v) is 3.02. The number of nitrogens with zero attached hydrogens (tertiary/aromatic N) is 1. The van der Waals surface area contributed by atoms with E-state index >= 15 is 0 Å². The van der Waals surface area contributed by atoms with Gasteiger partial charge < -0.3 is 5.73 Å². The lowest BCUT2D eigenvalue weighted by molar-refractivity contribution is 0.126. The number of hydrogen-bond donors (Lipinski definition) is 1. The van der Waals surface area contributed by atoms with E-state index in [-0.39, 0.29) is 0 Å². The van der Waals surface area contributed by atoms with Gasteiger partial charge in [-0.1, -0.05) is 13.3 Å². The zero-order valence-electron chi connectivity index (χ0n) is 8.71. The molecule has 2 aliphatic heterocycles. The number of nitrogens with two attached hydrogens (primary N) is 1. The standard InChI is InChI=1S/C11H22N2/c1-2-3-6-13-10-4-5-11(13)8-9(12)7-10/h9-11H,2-8,12H2,1H3. The third-order valence-electron chi connectivity index (χ3n) is 3.69. The quantitative estimate of drug-likeness (QED) is 0.720. The summed E-state index contributed by atoms with van der Waals surface area (Å²) in [5.41, 5.74) is 6.02. The summed E-state index contributed by atoms with van der Waals surface area (Å²) in [7, 11) is 0. The molecule has 0 aliphatic carbocycles. The van der Waals surface area contributed by atoms with Crippen molar-refractivity contribution in [3.05, 3.63) is 0 Å². The molecule has 2 fully saturated rings. The topological polar surface area (TPSA) is 29.3 Å². The van der Waals surface area contributed by atoms with Gasteiger partial charge >= 0.3 is 0 Å². The molecule has 2 rings (SSSR count). The largest absolute Gasteiger partial charge is 0.328 e. The second kappa shape index (κ2) is 3.97. The molecule has 0 aromatic rings. The lowest BCUT2D eigenvalue weighted by Crippen LogP contribution is -2.47. The molecule has 2 heteroatoms. The lowest BCUT2D eigenvalue weighted by Gasteiger charge is -2.37.